The van der Waals surface area contributed by atoms with E-state index in [4.69, 9.17) is 0 Å². The third kappa shape index (κ3) is 3.81. The van der Waals surface area contributed by atoms with Crippen molar-refractivity contribution in [3.8, 4) is 0 Å². The van der Waals surface area contributed by atoms with Crippen LogP contribution < -0.4 is 5.32 Å². The van der Waals surface area contributed by atoms with Crippen molar-refractivity contribution >= 4 is 44.6 Å². The van der Waals surface area contributed by atoms with Crippen LogP contribution in [-0.2, 0) is 6.18 Å². The molecule has 2 amide bonds. The third-order valence-corrected chi connectivity index (χ3v) is 7.48. The number of carbonyl (C=O) groups excluding carboxylic acids is 2. The molecule has 1 aromatic carbocycles. The molecule has 0 radical (unpaired) electrons. The minimum atomic E-state index is -4.45. The fourth-order valence-electron chi connectivity index (χ4n) is 3.91. The van der Waals surface area contributed by atoms with Crippen LogP contribution in [0.5, 0.6) is 0 Å². The smallest absolute Gasteiger partial charge is 0.345 e. The normalized spacial score (nSPS) is 18.1. The second-order valence-corrected chi connectivity index (χ2v) is 9.63. The zero-order valence-corrected chi connectivity index (χ0v) is 17.7. The number of halogens is 3. The van der Waals surface area contributed by atoms with Crippen molar-refractivity contribution in [3.05, 3.63) is 51.3 Å². The highest BCUT2D eigenvalue weighted by Crippen LogP contribution is 2.38. The number of thiophene rings is 1. The van der Waals surface area contributed by atoms with Crippen LogP contribution in [-0.4, -0.2) is 64.9 Å². The van der Waals surface area contributed by atoms with E-state index in [1.165, 1.54) is 23.5 Å². The Hall–Kier alpha value is -2.50. The topological polar surface area (TPSA) is 65.5 Å². The van der Waals surface area contributed by atoms with Crippen LogP contribution in [0.15, 0.2) is 35.8 Å². The van der Waals surface area contributed by atoms with Crippen LogP contribution >= 0.6 is 22.7 Å². The van der Waals surface area contributed by atoms with Gasteiger partial charge >= 0.3 is 6.18 Å². The summed E-state index contributed by atoms with van der Waals surface area (Å²) in [5, 5.41) is 5.20. The lowest BCUT2D eigenvalue weighted by Gasteiger charge is -2.51. The summed E-state index contributed by atoms with van der Waals surface area (Å²) >= 11 is 2.38. The Kier molecular flexibility index (Phi) is 4.98. The summed E-state index contributed by atoms with van der Waals surface area (Å²) in [7, 11) is 0. The van der Waals surface area contributed by atoms with Gasteiger partial charge in [0.2, 0.25) is 0 Å². The van der Waals surface area contributed by atoms with Crippen molar-refractivity contribution < 1.29 is 22.8 Å². The zero-order valence-electron chi connectivity index (χ0n) is 16.1. The molecule has 162 valence electrons. The first-order chi connectivity index (χ1) is 14.8. The molecule has 0 unspecified atom stereocenters. The summed E-state index contributed by atoms with van der Waals surface area (Å²) < 4.78 is 40.1. The number of hydrogen-bond acceptors (Lipinski definition) is 6. The van der Waals surface area contributed by atoms with Gasteiger partial charge in [0.05, 0.1) is 16.5 Å². The number of likely N-dealkylation sites (tertiary alicyclic amines) is 2. The van der Waals surface area contributed by atoms with Gasteiger partial charge in [0.15, 0.2) is 5.01 Å². The Labute approximate surface area is 183 Å². The van der Waals surface area contributed by atoms with Crippen LogP contribution in [0.4, 0.5) is 13.2 Å². The molecule has 2 aromatic heterocycles. The lowest BCUT2D eigenvalue weighted by molar-refractivity contribution is -0.136. The monoisotopic (exact) mass is 466 g/mol. The van der Waals surface area contributed by atoms with E-state index in [1.54, 1.807) is 22.5 Å². The standard InChI is InChI=1S/C20H17F3N4O2S2/c21-20(22,23)14-2-1-3-15-13(14)6-16(31-15)19(29)27-9-12(10-27)26-7-11(8-26)25-17(28)18-24-4-5-30-18/h1-6,11-12H,7-10H2,(H,25,28). The first-order valence-corrected chi connectivity index (χ1v) is 11.3. The SMILES string of the molecule is O=C(NC1CN(C2CN(C(=O)c3cc4c(C(F)(F)F)cccc4s3)C2)C1)c1nccs1. The van der Waals surface area contributed by atoms with Crippen molar-refractivity contribution in [1.29, 1.82) is 0 Å². The number of hydrogen-bond donors (Lipinski definition) is 1. The Morgan fingerprint density at radius 1 is 1.16 bits per heavy atom. The molecule has 31 heavy (non-hydrogen) atoms. The number of thiazole rings is 1. The molecule has 2 saturated heterocycles. The number of aromatic nitrogens is 1. The van der Waals surface area contributed by atoms with Crippen LogP contribution in [0.3, 0.4) is 0 Å². The van der Waals surface area contributed by atoms with Gasteiger partial charge in [-0.3, -0.25) is 14.5 Å². The van der Waals surface area contributed by atoms with Gasteiger partial charge in [-0.25, -0.2) is 4.98 Å². The Bertz CT molecular complexity index is 1130. The van der Waals surface area contributed by atoms with Crippen molar-refractivity contribution in [2.24, 2.45) is 0 Å². The molecule has 3 aromatic rings. The summed E-state index contributed by atoms with van der Waals surface area (Å²) in [6.07, 6.45) is -2.86. The number of nitrogens with one attached hydrogen (secondary N) is 1. The molecule has 0 bridgehead atoms. The number of carbonyl (C=O) groups is 2. The summed E-state index contributed by atoms with van der Waals surface area (Å²) in [5.74, 6) is -0.409. The van der Waals surface area contributed by atoms with Crippen LogP contribution in [0.25, 0.3) is 10.1 Å². The summed E-state index contributed by atoms with van der Waals surface area (Å²) in [4.78, 5) is 32.9. The third-order valence-electron chi connectivity index (χ3n) is 5.62. The maximum atomic E-state index is 13.2. The molecular weight excluding hydrogens is 449 g/mol. The van der Waals surface area contributed by atoms with E-state index < -0.39 is 11.7 Å². The first kappa shape index (κ1) is 20.4. The number of rotatable bonds is 4. The van der Waals surface area contributed by atoms with E-state index in [0.29, 0.717) is 40.8 Å². The average Bonchev–Trinajstić information content (AvgIpc) is 3.32. The Morgan fingerprint density at radius 2 is 1.94 bits per heavy atom. The lowest BCUT2D eigenvalue weighted by Crippen LogP contribution is -2.70. The van der Waals surface area contributed by atoms with E-state index in [-0.39, 0.29) is 29.3 Å². The number of benzene rings is 1. The van der Waals surface area contributed by atoms with E-state index in [0.717, 1.165) is 17.4 Å². The van der Waals surface area contributed by atoms with Gasteiger partial charge in [-0.1, -0.05) is 6.07 Å². The van der Waals surface area contributed by atoms with Gasteiger partial charge in [0.1, 0.15) is 0 Å². The van der Waals surface area contributed by atoms with Crippen LogP contribution in [0.2, 0.25) is 0 Å². The predicted octanol–water partition coefficient (Wildman–Crippen LogP) is 3.32. The predicted molar refractivity (Wildman–Crippen MR) is 111 cm³/mol. The molecule has 0 atom stereocenters. The molecule has 0 saturated carbocycles. The van der Waals surface area contributed by atoms with E-state index >= 15 is 0 Å². The summed E-state index contributed by atoms with van der Waals surface area (Å²) in [6, 6.07) is 5.62. The maximum Gasteiger partial charge on any atom is 0.417 e. The Balaban J connectivity index is 1.16. The fourth-order valence-corrected chi connectivity index (χ4v) is 5.50. The first-order valence-electron chi connectivity index (χ1n) is 9.63. The fraction of sp³-hybridized carbons (Fsp3) is 0.350. The molecule has 2 aliphatic heterocycles. The molecule has 11 heteroatoms. The lowest BCUT2D eigenvalue weighted by atomic mass is 9.99. The van der Waals surface area contributed by atoms with Gasteiger partial charge in [-0.15, -0.1) is 22.7 Å². The number of amides is 2. The van der Waals surface area contributed by atoms with Gasteiger partial charge in [-0.05, 0) is 18.2 Å². The summed E-state index contributed by atoms with van der Waals surface area (Å²) in [6.45, 7) is 2.49. The van der Waals surface area contributed by atoms with Crippen LogP contribution in [0, 0.1) is 0 Å². The highest BCUT2D eigenvalue weighted by Gasteiger charge is 2.42. The second-order valence-electron chi connectivity index (χ2n) is 7.65. The van der Waals surface area contributed by atoms with E-state index in [9.17, 15) is 22.8 Å². The van der Waals surface area contributed by atoms with Gasteiger partial charge in [0, 0.05) is 53.9 Å². The van der Waals surface area contributed by atoms with Crippen molar-refractivity contribution in [2.75, 3.05) is 26.2 Å². The summed E-state index contributed by atoms with van der Waals surface area (Å²) in [5.41, 5.74) is -0.715. The minimum absolute atomic E-state index is 0.0598. The molecule has 0 spiro atoms. The molecular formula is C20H17F3N4O2S2. The van der Waals surface area contributed by atoms with E-state index in [1.807, 2.05) is 0 Å². The number of nitrogens with zero attached hydrogens (tertiary/aromatic N) is 3. The molecule has 6 nitrogen and oxygen atoms in total. The molecule has 2 fully saturated rings. The largest absolute Gasteiger partial charge is 0.417 e. The maximum absolute atomic E-state index is 13.2. The van der Waals surface area contributed by atoms with Gasteiger partial charge < -0.3 is 10.2 Å². The molecule has 0 aliphatic carbocycles. The van der Waals surface area contributed by atoms with Crippen LogP contribution in [0.1, 0.15) is 25.0 Å². The number of fused-ring (bicyclic) bond motifs is 1. The Morgan fingerprint density at radius 3 is 2.61 bits per heavy atom. The van der Waals surface area contributed by atoms with Crippen molar-refractivity contribution in [2.45, 2.75) is 18.3 Å². The van der Waals surface area contributed by atoms with Gasteiger partial charge in [0.25, 0.3) is 11.8 Å². The second kappa shape index (κ2) is 7.57. The molecule has 1 N–H and O–H groups in total. The molecule has 2 aliphatic rings. The average molecular weight is 467 g/mol. The van der Waals surface area contributed by atoms with Crippen molar-refractivity contribution in [3.63, 3.8) is 0 Å². The minimum Gasteiger partial charge on any atom is -0.345 e. The molecule has 4 heterocycles. The molecule has 5 rings (SSSR count). The van der Waals surface area contributed by atoms with E-state index in [2.05, 4.69) is 15.2 Å². The highest BCUT2D eigenvalue weighted by atomic mass is 32.1. The quantitative estimate of drug-likeness (QED) is 0.641. The number of alkyl halides is 3. The highest BCUT2D eigenvalue weighted by molar-refractivity contribution is 7.20. The van der Waals surface area contributed by atoms with Gasteiger partial charge in [-0.2, -0.15) is 13.2 Å². The zero-order chi connectivity index (χ0) is 21.8. The van der Waals surface area contributed by atoms with Crippen molar-refractivity contribution in [1.82, 2.24) is 20.1 Å².